The Hall–Kier alpha value is -2.57. The van der Waals surface area contributed by atoms with E-state index in [-0.39, 0.29) is 24.4 Å². The Morgan fingerprint density at radius 3 is 2.03 bits per heavy atom. The Morgan fingerprint density at radius 1 is 0.943 bits per heavy atom. The molecule has 0 aliphatic heterocycles. The largest absolute Gasteiger partial charge is 0.444 e. The minimum Gasteiger partial charge on any atom is -0.444 e. The lowest BCUT2D eigenvalue weighted by Crippen LogP contribution is -2.53. The van der Waals surface area contributed by atoms with Gasteiger partial charge in [0.05, 0.1) is 0 Å². The third-order valence-electron chi connectivity index (χ3n) is 5.58. The highest BCUT2D eigenvalue weighted by Gasteiger charge is 2.36. The van der Waals surface area contributed by atoms with Gasteiger partial charge in [-0.05, 0) is 97.8 Å². The second kappa shape index (κ2) is 12.4. The fourth-order valence-corrected chi connectivity index (χ4v) is 3.72. The van der Waals surface area contributed by atoms with Gasteiger partial charge in [-0.15, -0.1) is 0 Å². The van der Waals surface area contributed by atoms with Gasteiger partial charge in [-0.1, -0.05) is 32.0 Å². The first kappa shape index (κ1) is 30.5. The van der Waals surface area contributed by atoms with Gasteiger partial charge in [0.2, 0.25) is 11.8 Å². The zero-order chi connectivity index (χ0) is 27.1. The molecule has 0 radical (unpaired) electrons. The topological polar surface area (TPSA) is 87.7 Å². The number of nitrogens with one attached hydrogen (secondary N) is 2. The number of carbonyl (C=O) groups excluding carboxylic acids is 3. The number of amides is 3. The van der Waals surface area contributed by atoms with Crippen LogP contribution in [0, 0.1) is 19.8 Å². The molecule has 198 valence electrons. The molecule has 7 nitrogen and oxygen atoms in total. The molecule has 0 spiro atoms. The summed E-state index contributed by atoms with van der Waals surface area (Å²) in [4.78, 5) is 41.1. The van der Waals surface area contributed by atoms with Crippen molar-refractivity contribution in [2.75, 3.05) is 6.54 Å². The average Bonchev–Trinajstić information content (AvgIpc) is 2.67. The summed E-state index contributed by atoms with van der Waals surface area (Å²) in [5.74, 6) is -0.125. The van der Waals surface area contributed by atoms with Crippen LogP contribution >= 0.6 is 0 Å². The normalized spacial score (nSPS) is 13.7. The van der Waals surface area contributed by atoms with Crippen LogP contribution < -0.4 is 10.6 Å². The molecule has 35 heavy (non-hydrogen) atoms. The van der Waals surface area contributed by atoms with Gasteiger partial charge in [0.1, 0.15) is 18.2 Å². The molecule has 0 bridgehead atoms. The molecule has 1 aromatic rings. The summed E-state index contributed by atoms with van der Waals surface area (Å²) in [7, 11) is 0. The fourth-order valence-electron chi connectivity index (χ4n) is 3.72. The quantitative estimate of drug-likeness (QED) is 0.484. The molecule has 7 heteroatoms. The van der Waals surface area contributed by atoms with Gasteiger partial charge < -0.3 is 20.3 Å². The first-order valence-corrected chi connectivity index (χ1v) is 12.6. The van der Waals surface area contributed by atoms with Crippen LogP contribution in [-0.2, 0) is 14.3 Å². The van der Waals surface area contributed by atoms with E-state index in [9.17, 15) is 14.4 Å². The third kappa shape index (κ3) is 10.7. The number of carbonyl (C=O) groups is 3. The van der Waals surface area contributed by atoms with Gasteiger partial charge in [-0.2, -0.15) is 0 Å². The SMILES string of the molecule is Cc1ccc(C(C(=O)NC(C)(C)C)N(C(=O)CNC(=O)OC(C)(C)C)C(C)CCC(C)C)cc1C. The van der Waals surface area contributed by atoms with Crippen LogP contribution in [-0.4, -0.2) is 46.5 Å². The maximum Gasteiger partial charge on any atom is 0.408 e. The number of benzene rings is 1. The van der Waals surface area contributed by atoms with Crippen molar-refractivity contribution in [3.63, 3.8) is 0 Å². The number of hydrogen-bond acceptors (Lipinski definition) is 4. The van der Waals surface area contributed by atoms with Crippen molar-refractivity contribution in [2.24, 2.45) is 5.92 Å². The zero-order valence-electron chi connectivity index (χ0n) is 23.7. The van der Waals surface area contributed by atoms with Crippen molar-refractivity contribution in [1.29, 1.82) is 0 Å². The van der Waals surface area contributed by atoms with E-state index in [1.807, 2.05) is 59.7 Å². The number of aryl methyl sites for hydroxylation is 2. The summed E-state index contributed by atoms with van der Waals surface area (Å²) in [5.41, 5.74) is 1.76. The van der Waals surface area contributed by atoms with Crippen molar-refractivity contribution in [3.8, 4) is 0 Å². The molecule has 0 aliphatic carbocycles. The van der Waals surface area contributed by atoms with Crippen molar-refractivity contribution in [2.45, 2.75) is 112 Å². The molecule has 0 saturated carbocycles. The van der Waals surface area contributed by atoms with Gasteiger partial charge in [-0.25, -0.2) is 4.79 Å². The van der Waals surface area contributed by atoms with Crippen molar-refractivity contribution >= 4 is 17.9 Å². The highest BCUT2D eigenvalue weighted by molar-refractivity contribution is 5.91. The van der Waals surface area contributed by atoms with Crippen LogP contribution in [0.2, 0.25) is 0 Å². The molecule has 1 aromatic carbocycles. The van der Waals surface area contributed by atoms with Crippen LogP contribution in [0.15, 0.2) is 18.2 Å². The minimum atomic E-state index is -0.830. The molecule has 0 aromatic heterocycles. The Bertz CT molecular complexity index is 881. The second-order valence-electron chi connectivity index (χ2n) is 12.0. The Kier molecular flexibility index (Phi) is 10.8. The van der Waals surface area contributed by atoms with Crippen molar-refractivity contribution < 1.29 is 19.1 Å². The molecular formula is C28H47N3O4. The van der Waals surface area contributed by atoms with Crippen LogP contribution in [0.4, 0.5) is 4.79 Å². The Morgan fingerprint density at radius 2 is 1.54 bits per heavy atom. The van der Waals surface area contributed by atoms with Crippen molar-refractivity contribution in [1.82, 2.24) is 15.5 Å². The third-order valence-corrected chi connectivity index (χ3v) is 5.58. The lowest BCUT2D eigenvalue weighted by Gasteiger charge is -2.38. The fraction of sp³-hybridized carbons (Fsp3) is 0.679. The summed E-state index contributed by atoms with van der Waals surface area (Å²) in [6, 6.07) is 4.80. The molecule has 0 aliphatic rings. The predicted octanol–water partition coefficient (Wildman–Crippen LogP) is 5.44. The summed E-state index contributed by atoms with van der Waals surface area (Å²) in [6.45, 7) is 21.0. The average molecular weight is 490 g/mol. The minimum absolute atomic E-state index is 0.220. The molecule has 2 unspecified atom stereocenters. The summed E-state index contributed by atoms with van der Waals surface area (Å²) in [5, 5.41) is 5.63. The molecule has 2 atom stereocenters. The summed E-state index contributed by atoms with van der Waals surface area (Å²) in [6.07, 6.45) is 0.979. The van der Waals surface area contributed by atoms with Gasteiger partial charge in [0.25, 0.3) is 0 Å². The van der Waals surface area contributed by atoms with E-state index in [1.165, 1.54) is 0 Å². The molecule has 0 heterocycles. The highest BCUT2D eigenvalue weighted by atomic mass is 16.6. The summed E-state index contributed by atoms with van der Waals surface area (Å²) >= 11 is 0. The maximum atomic E-state index is 13.7. The summed E-state index contributed by atoms with van der Waals surface area (Å²) < 4.78 is 5.29. The number of hydrogen-bond donors (Lipinski definition) is 2. The number of rotatable bonds is 9. The van der Waals surface area contributed by atoms with Gasteiger partial charge in [0.15, 0.2) is 0 Å². The van der Waals surface area contributed by atoms with Crippen LogP contribution in [0.5, 0.6) is 0 Å². The zero-order valence-corrected chi connectivity index (χ0v) is 23.7. The Labute approximate surface area is 212 Å². The smallest absolute Gasteiger partial charge is 0.408 e. The second-order valence-corrected chi connectivity index (χ2v) is 12.0. The van der Waals surface area contributed by atoms with E-state index in [1.54, 1.807) is 25.7 Å². The molecule has 1 rings (SSSR count). The first-order chi connectivity index (χ1) is 15.9. The molecule has 2 N–H and O–H groups in total. The van der Waals surface area contributed by atoms with E-state index in [0.717, 1.165) is 29.5 Å². The van der Waals surface area contributed by atoms with E-state index in [2.05, 4.69) is 24.5 Å². The first-order valence-electron chi connectivity index (χ1n) is 12.6. The van der Waals surface area contributed by atoms with Gasteiger partial charge in [-0.3, -0.25) is 9.59 Å². The van der Waals surface area contributed by atoms with E-state index in [4.69, 9.17) is 4.74 Å². The van der Waals surface area contributed by atoms with E-state index >= 15 is 0 Å². The van der Waals surface area contributed by atoms with Crippen LogP contribution in [0.3, 0.4) is 0 Å². The van der Waals surface area contributed by atoms with Gasteiger partial charge in [0, 0.05) is 11.6 Å². The maximum absolute atomic E-state index is 13.7. The molecular weight excluding hydrogens is 442 g/mol. The lowest BCUT2D eigenvalue weighted by atomic mass is 9.95. The molecule has 0 saturated heterocycles. The van der Waals surface area contributed by atoms with E-state index in [0.29, 0.717) is 5.92 Å². The number of ether oxygens (including phenoxy) is 1. The Balaban J connectivity index is 3.43. The lowest BCUT2D eigenvalue weighted by molar-refractivity contribution is -0.143. The predicted molar refractivity (Wildman–Crippen MR) is 141 cm³/mol. The standard InChI is InChI=1S/C28H47N3O4/c1-18(2)12-14-21(5)31(23(32)17-29-26(34)35-28(9,10)11)24(25(33)30-27(6,7)8)22-15-13-19(3)20(4)16-22/h13,15-16,18,21,24H,12,14,17H2,1-11H3,(H,29,34)(H,30,33). The number of alkyl carbamates (subject to hydrolysis) is 1. The number of nitrogens with zero attached hydrogens (tertiary/aromatic N) is 1. The highest BCUT2D eigenvalue weighted by Crippen LogP contribution is 2.28. The van der Waals surface area contributed by atoms with Crippen LogP contribution in [0.1, 0.15) is 97.9 Å². The van der Waals surface area contributed by atoms with Crippen molar-refractivity contribution in [3.05, 3.63) is 34.9 Å². The monoisotopic (exact) mass is 489 g/mol. The molecule has 3 amide bonds. The van der Waals surface area contributed by atoms with Gasteiger partial charge >= 0.3 is 6.09 Å². The molecule has 0 fully saturated rings. The van der Waals surface area contributed by atoms with E-state index < -0.39 is 23.3 Å². The van der Waals surface area contributed by atoms with Crippen LogP contribution in [0.25, 0.3) is 0 Å².